The lowest BCUT2D eigenvalue weighted by Crippen LogP contribution is -2.49. The largest absolute Gasteiger partial charge is 0.487 e. The Hall–Kier alpha value is -6.88. The van der Waals surface area contributed by atoms with Gasteiger partial charge in [0, 0.05) is 42.0 Å². The molecule has 0 atom stereocenters. The maximum absolute atomic E-state index is 16.2. The van der Waals surface area contributed by atoms with Crippen molar-refractivity contribution < 1.29 is 41.1 Å². The highest BCUT2D eigenvalue weighted by molar-refractivity contribution is 7.92. The molecule has 2 aliphatic heterocycles. The van der Waals surface area contributed by atoms with Crippen LogP contribution in [0.5, 0.6) is 5.75 Å². The molecule has 284 valence electrons. The van der Waals surface area contributed by atoms with Crippen LogP contribution in [0.15, 0.2) is 91.0 Å². The zero-order chi connectivity index (χ0) is 39.3. The predicted molar refractivity (Wildman–Crippen MR) is 203 cm³/mol. The fourth-order valence-electron chi connectivity index (χ4n) is 6.77. The van der Waals surface area contributed by atoms with E-state index in [0.29, 0.717) is 37.4 Å². The summed E-state index contributed by atoms with van der Waals surface area (Å²) in [5.74, 6) is -2.94. The Kier molecular flexibility index (Phi) is 9.08. The van der Waals surface area contributed by atoms with Gasteiger partial charge in [-0.1, -0.05) is 54.6 Å². The number of carbonyl (C=O) groups is 4. The van der Waals surface area contributed by atoms with Gasteiger partial charge in [-0.25, -0.2) is 22.6 Å². The summed E-state index contributed by atoms with van der Waals surface area (Å²) in [6, 6.07) is 23.9. The molecule has 14 nitrogen and oxygen atoms in total. The Labute approximate surface area is 317 Å². The van der Waals surface area contributed by atoms with Gasteiger partial charge >= 0.3 is 16.2 Å². The molecule has 0 aliphatic carbocycles. The van der Waals surface area contributed by atoms with E-state index in [0.717, 1.165) is 5.56 Å². The summed E-state index contributed by atoms with van der Waals surface area (Å²) in [5, 5.41) is 10.2. The van der Waals surface area contributed by atoms with Crippen molar-refractivity contribution in [1.29, 1.82) is 0 Å². The number of hydrogen-bond acceptors (Lipinski definition) is 8. The first-order valence-corrected chi connectivity index (χ1v) is 18.7. The summed E-state index contributed by atoms with van der Waals surface area (Å²) < 4.78 is 67.1. The number of amides is 5. The molecule has 8 rings (SSSR count). The summed E-state index contributed by atoms with van der Waals surface area (Å²) in [6.45, 7) is -0.518. The topological polar surface area (TPSA) is 172 Å². The van der Waals surface area contributed by atoms with Crippen molar-refractivity contribution in [2.45, 2.75) is 19.4 Å². The Balaban J connectivity index is 1.01. The van der Waals surface area contributed by atoms with Gasteiger partial charge in [0.05, 0.1) is 11.9 Å². The molecule has 0 bridgehead atoms. The van der Waals surface area contributed by atoms with Crippen molar-refractivity contribution in [3.63, 3.8) is 0 Å². The monoisotopic (exact) mass is 779 g/mol. The number of ether oxygens (including phenoxy) is 1. The number of aryl methyl sites for hydroxylation is 1. The zero-order valence-electron chi connectivity index (χ0n) is 29.5. The van der Waals surface area contributed by atoms with E-state index in [-0.39, 0.29) is 60.3 Å². The third-order valence-corrected chi connectivity index (χ3v) is 10.8. The standard InChI is InChI=1S/C39H31F2N7O7S/c1-46-31-19-28(30(40)18-29(31)38(44-46)47-14-13-33(49)43-39(47)52)24-9-7-22(8-10-24)15-34(50)42-26-11-12-27-25(16-26)17-32(55-21-23-5-3-2-4-6-23)37(36(27)41)48-20-35(51)45-56(48,53)54/h2-12,16-19H,13-15,20-21H2,1H3,(H,42,50)(H,45,51)(H,43,49,52). The van der Waals surface area contributed by atoms with Crippen LogP contribution >= 0.6 is 0 Å². The smallest absolute Gasteiger partial charge is 0.329 e. The molecular weight excluding hydrogens is 749 g/mol. The molecule has 6 aromatic rings. The summed E-state index contributed by atoms with van der Waals surface area (Å²) in [4.78, 5) is 50.6. The van der Waals surface area contributed by atoms with Gasteiger partial charge < -0.3 is 10.1 Å². The Morgan fingerprint density at radius 1 is 0.911 bits per heavy atom. The maximum Gasteiger partial charge on any atom is 0.329 e. The molecule has 56 heavy (non-hydrogen) atoms. The van der Waals surface area contributed by atoms with Crippen LogP contribution in [0, 0.1) is 11.6 Å². The van der Waals surface area contributed by atoms with Crippen molar-refractivity contribution in [3.8, 4) is 16.9 Å². The minimum Gasteiger partial charge on any atom is -0.487 e. The molecule has 2 saturated heterocycles. The lowest BCUT2D eigenvalue weighted by atomic mass is 10.0. The number of rotatable bonds is 9. The van der Waals surface area contributed by atoms with E-state index in [9.17, 15) is 27.6 Å². The molecule has 5 aromatic carbocycles. The van der Waals surface area contributed by atoms with Gasteiger partial charge in [-0.2, -0.15) is 13.5 Å². The predicted octanol–water partition coefficient (Wildman–Crippen LogP) is 5.06. The molecule has 0 spiro atoms. The summed E-state index contributed by atoms with van der Waals surface area (Å²) in [5.41, 5.74) is 2.69. The third-order valence-electron chi connectivity index (χ3n) is 9.47. The number of aromatic nitrogens is 2. The maximum atomic E-state index is 16.2. The molecule has 2 fully saturated rings. The summed E-state index contributed by atoms with van der Waals surface area (Å²) >= 11 is 0. The van der Waals surface area contributed by atoms with Gasteiger partial charge in [0.25, 0.3) is 5.91 Å². The third kappa shape index (κ3) is 6.83. The number of carbonyl (C=O) groups excluding carboxylic acids is 4. The van der Waals surface area contributed by atoms with Crippen molar-refractivity contribution in [2.75, 3.05) is 27.6 Å². The van der Waals surface area contributed by atoms with Gasteiger partial charge in [0.2, 0.25) is 11.8 Å². The lowest BCUT2D eigenvalue weighted by Gasteiger charge is -2.24. The second-order valence-corrected chi connectivity index (χ2v) is 14.9. The van der Waals surface area contributed by atoms with Crippen molar-refractivity contribution in [2.24, 2.45) is 7.05 Å². The lowest BCUT2D eigenvalue weighted by molar-refractivity contribution is -0.120. The molecule has 0 unspecified atom stereocenters. The first-order valence-electron chi connectivity index (χ1n) is 17.3. The van der Waals surface area contributed by atoms with E-state index in [4.69, 9.17) is 4.74 Å². The van der Waals surface area contributed by atoms with E-state index in [1.165, 1.54) is 39.9 Å². The first-order chi connectivity index (χ1) is 26.8. The molecule has 5 amide bonds. The van der Waals surface area contributed by atoms with Crippen LogP contribution in [0.4, 0.5) is 30.8 Å². The first kappa shape index (κ1) is 36.1. The number of imide groups is 1. The summed E-state index contributed by atoms with van der Waals surface area (Å²) in [7, 11) is -2.69. The van der Waals surface area contributed by atoms with Crippen LogP contribution in [0.25, 0.3) is 32.8 Å². The molecule has 1 aromatic heterocycles. The van der Waals surface area contributed by atoms with Gasteiger partial charge in [-0.05, 0) is 58.5 Å². The summed E-state index contributed by atoms with van der Waals surface area (Å²) in [6.07, 6.45) is 0.0550. The molecule has 0 saturated carbocycles. The average molecular weight is 780 g/mol. The van der Waals surface area contributed by atoms with E-state index in [1.54, 1.807) is 61.6 Å². The molecule has 0 radical (unpaired) electrons. The number of anilines is 3. The number of nitrogens with one attached hydrogen (secondary N) is 3. The van der Waals surface area contributed by atoms with Crippen molar-refractivity contribution in [3.05, 3.63) is 114 Å². The van der Waals surface area contributed by atoms with Crippen LogP contribution in [0.1, 0.15) is 17.5 Å². The van der Waals surface area contributed by atoms with Crippen LogP contribution in [0.3, 0.4) is 0 Å². The highest BCUT2D eigenvalue weighted by atomic mass is 32.2. The second kappa shape index (κ2) is 14.1. The molecular formula is C39H31F2N7O7S. The minimum absolute atomic E-state index is 0.0162. The van der Waals surface area contributed by atoms with Crippen LogP contribution in [0.2, 0.25) is 0 Å². The van der Waals surface area contributed by atoms with Crippen LogP contribution in [-0.4, -0.2) is 55.0 Å². The second-order valence-electron chi connectivity index (χ2n) is 13.3. The van der Waals surface area contributed by atoms with E-state index < -0.39 is 46.0 Å². The Bertz CT molecular complexity index is 2720. The number of halogens is 2. The van der Waals surface area contributed by atoms with Gasteiger partial charge in [0.1, 0.15) is 30.4 Å². The van der Waals surface area contributed by atoms with Crippen molar-refractivity contribution >= 4 is 72.8 Å². The number of urea groups is 1. The van der Waals surface area contributed by atoms with E-state index in [1.807, 2.05) is 10.8 Å². The zero-order valence-corrected chi connectivity index (χ0v) is 30.3. The number of benzene rings is 5. The molecule has 2 aliphatic rings. The number of nitrogens with zero attached hydrogens (tertiary/aromatic N) is 4. The van der Waals surface area contributed by atoms with Crippen molar-refractivity contribution in [1.82, 2.24) is 19.8 Å². The molecule has 17 heteroatoms. The number of fused-ring (bicyclic) bond motifs is 2. The normalized spacial score (nSPS) is 15.3. The molecule has 3 heterocycles. The van der Waals surface area contributed by atoms with Crippen LogP contribution < -0.4 is 29.3 Å². The Morgan fingerprint density at radius 3 is 2.39 bits per heavy atom. The fraction of sp³-hybridized carbons (Fsp3) is 0.154. The van der Waals surface area contributed by atoms with Gasteiger partial charge in [0.15, 0.2) is 11.6 Å². The van der Waals surface area contributed by atoms with E-state index in [2.05, 4.69) is 15.7 Å². The van der Waals surface area contributed by atoms with Gasteiger partial charge in [-0.15, -0.1) is 0 Å². The SMILES string of the molecule is Cn1nc(N2CCC(=O)NC2=O)c2cc(F)c(-c3ccc(CC(=O)Nc4ccc5c(F)c(N6CC(=O)NS6(=O)=O)c(OCc6ccccc6)cc5c4)cc3)cc21. The number of hydrogen-bond donors (Lipinski definition) is 3. The Morgan fingerprint density at radius 2 is 1.68 bits per heavy atom. The van der Waals surface area contributed by atoms with E-state index >= 15 is 8.78 Å². The van der Waals surface area contributed by atoms with Gasteiger partial charge in [-0.3, -0.25) is 29.3 Å². The quantitative estimate of drug-likeness (QED) is 0.183. The highest BCUT2D eigenvalue weighted by Crippen LogP contribution is 2.40. The van der Waals surface area contributed by atoms with Crippen LogP contribution in [-0.2, 0) is 44.7 Å². The average Bonchev–Trinajstić information content (AvgIpc) is 3.62. The highest BCUT2D eigenvalue weighted by Gasteiger charge is 2.38. The minimum atomic E-state index is -4.36. The fourth-order valence-corrected chi connectivity index (χ4v) is 7.93. The molecule has 3 N–H and O–H groups in total.